The number of amides is 2. The number of hydrogen-bond donors (Lipinski definition) is 2. The summed E-state index contributed by atoms with van der Waals surface area (Å²) in [4.78, 5) is 24.4. The molecule has 0 bridgehead atoms. The van der Waals surface area contributed by atoms with Crippen LogP contribution in [0.5, 0.6) is 0 Å². The van der Waals surface area contributed by atoms with Crippen LogP contribution in [0.3, 0.4) is 0 Å². The van der Waals surface area contributed by atoms with Crippen molar-refractivity contribution in [3.05, 3.63) is 36.2 Å². The molecular formula is C15H18N6O3. The summed E-state index contributed by atoms with van der Waals surface area (Å²) in [5, 5.41) is 16.1. The molecule has 9 heteroatoms. The van der Waals surface area contributed by atoms with E-state index in [1.54, 1.807) is 24.3 Å². The summed E-state index contributed by atoms with van der Waals surface area (Å²) in [5.74, 6) is -0.564. The molecule has 1 aliphatic rings. The highest BCUT2D eigenvalue weighted by Gasteiger charge is 2.18. The molecule has 1 aliphatic heterocycles. The van der Waals surface area contributed by atoms with E-state index in [0.29, 0.717) is 17.8 Å². The lowest BCUT2D eigenvalue weighted by Gasteiger charge is -2.13. The van der Waals surface area contributed by atoms with Crippen molar-refractivity contribution in [3.63, 3.8) is 0 Å². The predicted octanol–water partition coefficient (Wildman–Crippen LogP) is 0.221. The van der Waals surface area contributed by atoms with Crippen LogP contribution >= 0.6 is 0 Å². The first-order valence-electron chi connectivity index (χ1n) is 7.72. The third-order valence-electron chi connectivity index (χ3n) is 3.66. The van der Waals surface area contributed by atoms with Crippen molar-refractivity contribution < 1.29 is 14.3 Å². The summed E-state index contributed by atoms with van der Waals surface area (Å²) in [6.45, 7) is 1.18. The molecule has 1 fully saturated rings. The van der Waals surface area contributed by atoms with Crippen molar-refractivity contribution in [3.8, 4) is 0 Å². The van der Waals surface area contributed by atoms with Gasteiger partial charge in [0.05, 0.1) is 17.4 Å². The number of hydrogen-bond acceptors (Lipinski definition) is 6. The molecule has 24 heavy (non-hydrogen) atoms. The van der Waals surface area contributed by atoms with Gasteiger partial charge >= 0.3 is 0 Å². The first-order valence-corrected chi connectivity index (χ1v) is 7.72. The van der Waals surface area contributed by atoms with Gasteiger partial charge in [0.15, 0.2) is 0 Å². The first kappa shape index (κ1) is 16.1. The Morgan fingerprint density at radius 2 is 2.21 bits per heavy atom. The maximum absolute atomic E-state index is 12.4. The number of rotatable bonds is 6. The third-order valence-corrected chi connectivity index (χ3v) is 3.66. The smallest absolute Gasteiger partial charge is 0.253 e. The zero-order valence-electron chi connectivity index (χ0n) is 13.0. The van der Waals surface area contributed by atoms with Crippen LogP contribution in [0.4, 0.5) is 5.69 Å². The second-order valence-electron chi connectivity index (χ2n) is 5.45. The molecule has 2 N–H and O–H groups in total. The monoisotopic (exact) mass is 330 g/mol. The topological polar surface area (TPSA) is 111 Å². The SMILES string of the molecule is O=C(Cn1cnnn1)Nc1ccccc1C(=O)NCC1CCCO1. The number of benzene rings is 1. The summed E-state index contributed by atoms with van der Waals surface area (Å²) >= 11 is 0. The number of anilines is 1. The van der Waals surface area contributed by atoms with Crippen molar-refractivity contribution in [2.45, 2.75) is 25.5 Å². The Morgan fingerprint density at radius 3 is 2.96 bits per heavy atom. The number of tetrazole rings is 1. The number of carbonyl (C=O) groups excluding carboxylic acids is 2. The Bertz CT molecular complexity index is 697. The molecule has 2 aromatic rings. The molecule has 126 valence electrons. The fourth-order valence-electron chi connectivity index (χ4n) is 2.49. The number of aromatic nitrogens is 4. The van der Waals surface area contributed by atoms with E-state index in [9.17, 15) is 9.59 Å². The predicted molar refractivity (Wildman–Crippen MR) is 84.2 cm³/mol. The Hall–Kier alpha value is -2.81. The molecule has 0 spiro atoms. The molecule has 1 unspecified atom stereocenters. The number of nitrogens with zero attached hydrogens (tertiary/aromatic N) is 4. The van der Waals surface area contributed by atoms with E-state index in [4.69, 9.17) is 4.74 Å². The van der Waals surface area contributed by atoms with Gasteiger partial charge in [0, 0.05) is 13.2 Å². The summed E-state index contributed by atoms with van der Waals surface area (Å²) in [6, 6.07) is 6.84. The lowest BCUT2D eigenvalue weighted by atomic mass is 10.1. The molecule has 0 radical (unpaired) electrons. The van der Waals surface area contributed by atoms with E-state index in [-0.39, 0.29) is 24.5 Å². The molecule has 2 heterocycles. The minimum Gasteiger partial charge on any atom is -0.376 e. The largest absolute Gasteiger partial charge is 0.376 e. The van der Waals surface area contributed by atoms with Crippen LogP contribution in [0.1, 0.15) is 23.2 Å². The molecular weight excluding hydrogens is 312 g/mol. The second-order valence-corrected chi connectivity index (χ2v) is 5.45. The molecule has 1 atom stereocenters. The fraction of sp³-hybridized carbons (Fsp3) is 0.400. The van der Waals surface area contributed by atoms with Gasteiger partial charge in [0.25, 0.3) is 5.91 Å². The lowest BCUT2D eigenvalue weighted by Crippen LogP contribution is -2.32. The highest BCUT2D eigenvalue weighted by Crippen LogP contribution is 2.16. The van der Waals surface area contributed by atoms with E-state index in [0.717, 1.165) is 19.4 Å². The van der Waals surface area contributed by atoms with Crippen LogP contribution in [0.25, 0.3) is 0 Å². The van der Waals surface area contributed by atoms with Crippen molar-refractivity contribution in [2.24, 2.45) is 0 Å². The Labute approximate surface area is 138 Å². The van der Waals surface area contributed by atoms with Gasteiger partial charge in [0.1, 0.15) is 12.9 Å². The Morgan fingerprint density at radius 1 is 1.33 bits per heavy atom. The van der Waals surface area contributed by atoms with Crippen LogP contribution < -0.4 is 10.6 Å². The summed E-state index contributed by atoms with van der Waals surface area (Å²) in [7, 11) is 0. The van der Waals surface area contributed by atoms with E-state index in [2.05, 4.69) is 26.2 Å². The molecule has 1 saturated heterocycles. The van der Waals surface area contributed by atoms with Crippen LogP contribution in [0.15, 0.2) is 30.6 Å². The summed E-state index contributed by atoms with van der Waals surface area (Å²) < 4.78 is 6.79. The standard InChI is InChI=1S/C15H18N6O3/c22-14(9-21-10-17-19-20-21)18-13-6-2-1-5-12(13)15(23)16-8-11-4-3-7-24-11/h1-2,5-6,10-11H,3-4,7-9H2,(H,16,23)(H,18,22). The summed E-state index contributed by atoms with van der Waals surface area (Å²) in [5.41, 5.74) is 0.848. The summed E-state index contributed by atoms with van der Waals surface area (Å²) in [6.07, 6.45) is 3.38. The Balaban J connectivity index is 1.61. The van der Waals surface area contributed by atoms with Crippen molar-refractivity contribution in [1.82, 2.24) is 25.5 Å². The van der Waals surface area contributed by atoms with Crippen LogP contribution in [0.2, 0.25) is 0 Å². The van der Waals surface area contributed by atoms with E-state index < -0.39 is 0 Å². The maximum atomic E-state index is 12.4. The molecule has 3 rings (SSSR count). The highest BCUT2D eigenvalue weighted by atomic mass is 16.5. The Kier molecular flexibility index (Phi) is 5.12. The molecule has 0 saturated carbocycles. The van der Waals surface area contributed by atoms with Gasteiger partial charge in [-0.1, -0.05) is 12.1 Å². The quantitative estimate of drug-likeness (QED) is 0.784. The zero-order chi connectivity index (χ0) is 16.8. The van der Waals surface area contributed by atoms with E-state index in [1.807, 2.05) is 0 Å². The molecule has 0 aliphatic carbocycles. The van der Waals surface area contributed by atoms with E-state index >= 15 is 0 Å². The molecule has 1 aromatic carbocycles. The third kappa shape index (κ3) is 4.13. The molecule has 2 amide bonds. The van der Waals surface area contributed by atoms with Gasteiger partial charge in [0.2, 0.25) is 5.91 Å². The van der Waals surface area contributed by atoms with Crippen LogP contribution in [-0.4, -0.2) is 51.3 Å². The average molecular weight is 330 g/mol. The second kappa shape index (κ2) is 7.64. The number of carbonyl (C=O) groups is 2. The number of nitrogens with one attached hydrogen (secondary N) is 2. The van der Waals surface area contributed by atoms with Crippen molar-refractivity contribution in [2.75, 3.05) is 18.5 Å². The molecule has 1 aromatic heterocycles. The van der Waals surface area contributed by atoms with Gasteiger partial charge in [-0.25, -0.2) is 4.68 Å². The number of para-hydroxylation sites is 1. The minimum absolute atomic E-state index is 0.0289. The van der Waals surface area contributed by atoms with Gasteiger partial charge in [-0.05, 0) is 35.4 Å². The number of ether oxygens (including phenoxy) is 1. The van der Waals surface area contributed by atoms with Gasteiger partial charge in [-0.15, -0.1) is 5.10 Å². The highest BCUT2D eigenvalue weighted by molar-refractivity contribution is 6.03. The van der Waals surface area contributed by atoms with Crippen molar-refractivity contribution in [1.29, 1.82) is 0 Å². The van der Waals surface area contributed by atoms with Gasteiger partial charge in [-0.2, -0.15) is 0 Å². The van der Waals surface area contributed by atoms with Crippen molar-refractivity contribution >= 4 is 17.5 Å². The maximum Gasteiger partial charge on any atom is 0.253 e. The van der Waals surface area contributed by atoms with Gasteiger partial charge < -0.3 is 15.4 Å². The average Bonchev–Trinajstić information content (AvgIpc) is 3.26. The zero-order valence-corrected chi connectivity index (χ0v) is 13.0. The lowest BCUT2D eigenvalue weighted by molar-refractivity contribution is -0.116. The fourth-order valence-corrected chi connectivity index (χ4v) is 2.49. The normalized spacial score (nSPS) is 16.8. The van der Waals surface area contributed by atoms with Crippen LogP contribution in [-0.2, 0) is 16.1 Å². The first-order chi connectivity index (χ1) is 11.7. The van der Waals surface area contributed by atoms with Crippen LogP contribution in [0, 0.1) is 0 Å². The van der Waals surface area contributed by atoms with E-state index in [1.165, 1.54) is 11.0 Å². The minimum atomic E-state index is -0.318. The van der Waals surface area contributed by atoms with Gasteiger partial charge in [-0.3, -0.25) is 9.59 Å². The molecule has 9 nitrogen and oxygen atoms in total.